The van der Waals surface area contributed by atoms with E-state index in [-0.39, 0.29) is 28.2 Å². The molecule has 7 nitrogen and oxygen atoms in total. The van der Waals surface area contributed by atoms with Crippen molar-refractivity contribution >= 4 is 73.9 Å². The van der Waals surface area contributed by atoms with Crippen molar-refractivity contribution in [2.75, 3.05) is 23.7 Å². The van der Waals surface area contributed by atoms with Gasteiger partial charge in [-0.1, -0.05) is 59.4 Å². The standard InChI is InChI=1S/C22H25Cl4N3O4S/c1-4-20(22(31)27-5-2)28(12-14-6-7-15(23)11-19(14)26)21(30)13-29(34(3,32)33)18-9-16(24)8-17(25)10-18/h6-11,20H,4-5,12-13H2,1-3H3,(H,27,31)/t20-/m0/s1. The number of sulfonamides is 1. The maximum Gasteiger partial charge on any atom is 0.244 e. The number of anilines is 1. The Labute approximate surface area is 220 Å². The molecule has 1 atom stereocenters. The lowest BCUT2D eigenvalue weighted by Crippen LogP contribution is -2.52. The molecular weight excluding hydrogens is 544 g/mol. The van der Waals surface area contributed by atoms with Crippen molar-refractivity contribution < 1.29 is 18.0 Å². The fourth-order valence-corrected chi connectivity index (χ4v) is 5.16. The number of nitrogens with one attached hydrogen (secondary N) is 1. The van der Waals surface area contributed by atoms with Gasteiger partial charge in [0.15, 0.2) is 0 Å². The van der Waals surface area contributed by atoms with E-state index < -0.39 is 28.5 Å². The van der Waals surface area contributed by atoms with Crippen LogP contribution >= 0.6 is 46.4 Å². The Morgan fingerprint density at radius 2 is 1.59 bits per heavy atom. The van der Waals surface area contributed by atoms with Crippen LogP contribution in [0.25, 0.3) is 0 Å². The van der Waals surface area contributed by atoms with E-state index in [9.17, 15) is 18.0 Å². The summed E-state index contributed by atoms with van der Waals surface area (Å²) < 4.78 is 26.1. The van der Waals surface area contributed by atoms with E-state index in [2.05, 4.69) is 5.32 Å². The summed E-state index contributed by atoms with van der Waals surface area (Å²) in [6.45, 7) is 3.29. The normalized spacial score (nSPS) is 12.2. The van der Waals surface area contributed by atoms with Crippen LogP contribution in [-0.4, -0.2) is 50.5 Å². The molecule has 0 heterocycles. The molecule has 0 aromatic heterocycles. The van der Waals surface area contributed by atoms with E-state index in [1.165, 1.54) is 29.2 Å². The van der Waals surface area contributed by atoms with Crippen LogP contribution in [0.4, 0.5) is 5.69 Å². The summed E-state index contributed by atoms with van der Waals surface area (Å²) in [5.74, 6) is -0.967. The SMILES string of the molecule is CCNC(=O)[C@H](CC)N(Cc1ccc(Cl)cc1Cl)C(=O)CN(c1cc(Cl)cc(Cl)c1)S(C)(=O)=O. The number of benzene rings is 2. The molecule has 186 valence electrons. The molecule has 0 unspecified atom stereocenters. The minimum absolute atomic E-state index is 0.0294. The Bertz CT molecular complexity index is 1140. The van der Waals surface area contributed by atoms with Crippen LogP contribution in [0.3, 0.4) is 0 Å². The van der Waals surface area contributed by atoms with Crippen molar-refractivity contribution in [2.24, 2.45) is 0 Å². The number of hydrogen-bond acceptors (Lipinski definition) is 4. The van der Waals surface area contributed by atoms with Crippen molar-refractivity contribution in [3.63, 3.8) is 0 Å². The molecule has 1 N–H and O–H groups in total. The third-order valence-electron chi connectivity index (χ3n) is 4.91. The van der Waals surface area contributed by atoms with Crippen molar-refractivity contribution in [1.82, 2.24) is 10.2 Å². The van der Waals surface area contributed by atoms with Gasteiger partial charge in [-0.2, -0.15) is 0 Å². The maximum absolute atomic E-state index is 13.5. The molecular formula is C22H25Cl4N3O4S. The Morgan fingerprint density at radius 1 is 0.971 bits per heavy atom. The average Bonchev–Trinajstić information content (AvgIpc) is 2.71. The van der Waals surface area contributed by atoms with Gasteiger partial charge >= 0.3 is 0 Å². The van der Waals surface area contributed by atoms with Gasteiger partial charge in [0.05, 0.1) is 11.9 Å². The lowest BCUT2D eigenvalue weighted by Gasteiger charge is -2.33. The summed E-state index contributed by atoms with van der Waals surface area (Å²) in [4.78, 5) is 27.6. The number of rotatable bonds is 10. The zero-order valence-corrected chi connectivity index (χ0v) is 22.7. The number of nitrogens with zero attached hydrogens (tertiary/aromatic N) is 2. The van der Waals surface area contributed by atoms with Gasteiger partial charge in [0, 0.05) is 33.2 Å². The number of carbonyl (C=O) groups excluding carboxylic acids is 2. The molecule has 0 fully saturated rings. The van der Waals surface area contributed by atoms with Gasteiger partial charge in [-0.25, -0.2) is 8.42 Å². The number of carbonyl (C=O) groups is 2. The summed E-state index contributed by atoms with van der Waals surface area (Å²) in [5, 5.41) is 3.88. The summed E-state index contributed by atoms with van der Waals surface area (Å²) in [6.07, 6.45) is 1.27. The van der Waals surface area contributed by atoms with Gasteiger partial charge in [0.2, 0.25) is 21.8 Å². The monoisotopic (exact) mass is 567 g/mol. The predicted octanol–water partition coefficient (Wildman–Crippen LogP) is 5.01. The van der Waals surface area contributed by atoms with Crippen LogP contribution in [0, 0.1) is 0 Å². The summed E-state index contributed by atoms with van der Waals surface area (Å²) in [5.41, 5.74) is 0.683. The summed E-state index contributed by atoms with van der Waals surface area (Å²) in [6, 6.07) is 8.18. The molecule has 2 aromatic carbocycles. The summed E-state index contributed by atoms with van der Waals surface area (Å²) >= 11 is 24.4. The third kappa shape index (κ3) is 7.65. The lowest BCUT2D eigenvalue weighted by molar-refractivity contribution is -0.140. The highest BCUT2D eigenvalue weighted by molar-refractivity contribution is 7.92. The van der Waals surface area contributed by atoms with Crippen molar-refractivity contribution in [3.05, 3.63) is 62.1 Å². The lowest BCUT2D eigenvalue weighted by atomic mass is 10.1. The van der Waals surface area contributed by atoms with Crippen molar-refractivity contribution in [2.45, 2.75) is 32.9 Å². The van der Waals surface area contributed by atoms with Crippen LogP contribution < -0.4 is 9.62 Å². The molecule has 2 aromatic rings. The molecule has 0 spiro atoms. The molecule has 0 radical (unpaired) electrons. The van der Waals surface area contributed by atoms with E-state index in [1.807, 2.05) is 0 Å². The van der Waals surface area contributed by atoms with Gasteiger partial charge < -0.3 is 10.2 Å². The molecule has 0 saturated carbocycles. The molecule has 12 heteroatoms. The molecule has 0 bridgehead atoms. The minimum atomic E-state index is -3.91. The second-order valence-corrected chi connectivity index (χ2v) is 11.1. The maximum atomic E-state index is 13.5. The Kier molecular flexibility index (Phi) is 10.3. The molecule has 34 heavy (non-hydrogen) atoms. The molecule has 2 amide bonds. The number of likely N-dealkylation sites (N-methyl/N-ethyl adjacent to an activating group) is 1. The Hall–Kier alpha value is -1.71. The Morgan fingerprint density at radius 3 is 2.09 bits per heavy atom. The second-order valence-electron chi connectivity index (χ2n) is 7.47. The molecule has 0 aliphatic carbocycles. The molecule has 0 aliphatic heterocycles. The smallest absolute Gasteiger partial charge is 0.244 e. The highest BCUT2D eigenvalue weighted by atomic mass is 35.5. The van der Waals surface area contributed by atoms with E-state index in [1.54, 1.807) is 26.0 Å². The largest absolute Gasteiger partial charge is 0.355 e. The quantitative estimate of drug-likeness (QED) is 0.436. The van der Waals surface area contributed by atoms with Crippen LogP contribution in [-0.2, 0) is 26.2 Å². The first-order valence-corrected chi connectivity index (χ1v) is 13.7. The van der Waals surface area contributed by atoms with Gasteiger partial charge in [-0.15, -0.1) is 0 Å². The molecule has 2 rings (SSSR count). The molecule has 0 aliphatic rings. The van der Waals surface area contributed by atoms with Crippen LogP contribution in [0.15, 0.2) is 36.4 Å². The third-order valence-corrected chi connectivity index (χ3v) is 7.07. The average molecular weight is 569 g/mol. The zero-order valence-electron chi connectivity index (χ0n) is 18.8. The van der Waals surface area contributed by atoms with Gasteiger partial charge in [-0.05, 0) is 49.2 Å². The van der Waals surface area contributed by atoms with E-state index in [4.69, 9.17) is 46.4 Å². The van der Waals surface area contributed by atoms with Gasteiger partial charge in [0.1, 0.15) is 12.6 Å². The van der Waals surface area contributed by atoms with Crippen molar-refractivity contribution in [3.8, 4) is 0 Å². The van der Waals surface area contributed by atoms with Crippen LogP contribution in [0.2, 0.25) is 20.1 Å². The van der Waals surface area contributed by atoms with E-state index in [0.29, 0.717) is 28.6 Å². The topological polar surface area (TPSA) is 86.8 Å². The highest BCUT2D eigenvalue weighted by Gasteiger charge is 2.32. The fourth-order valence-electron chi connectivity index (χ4n) is 3.34. The first-order valence-electron chi connectivity index (χ1n) is 10.3. The predicted molar refractivity (Wildman–Crippen MR) is 138 cm³/mol. The first kappa shape index (κ1) is 28.5. The summed E-state index contributed by atoms with van der Waals surface area (Å²) in [7, 11) is -3.91. The van der Waals surface area contributed by atoms with Crippen LogP contribution in [0.5, 0.6) is 0 Å². The van der Waals surface area contributed by atoms with Crippen LogP contribution in [0.1, 0.15) is 25.8 Å². The van der Waals surface area contributed by atoms with E-state index >= 15 is 0 Å². The zero-order chi connectivity index (χ0) is 25.6. The highest BCUT2D eigenvalue weighted by Crippen LogP contribution is 2.28. The van der Waals surface area contributed by atoms with Crippen molar-refractivity contribution in [1.29, 1.82) is 0 Å². The first-order chi connectivity index (χ1) is 15.9. The minimum Gasteiger partial charge on any atom is -0.355 e. The fraction of sp³-hybridized carbons (Fsp3) is 0.364. The van der Waals surface area contributed by atoms with Gasteiger partial charge in [0.25, 0.3) is 0 Å². The number of hydrogen-bond donors (Lipinski definition) is 1. The number of halogens is 4. The Balaban J connectivity index is 2.50. The number of amides is 2. The van der Waals surface area contributed by atoms with E-state index in [0.717, 1.165) is 10.6 Å². The van der Waals surface area contributed by atoms with Gasteiger partial charge in [-0.3, -0.25) is 13.9 Å². The molecule has 0 saturated heterocycles. The second kappa shape index (κ2) is 12.3.